The molecular weight excluding hydrogens is 336 g/mol. The monoisotopic (exact) mass is 355 g/mol. The van der Waals surface area contributed by atoms with Crippen LogP contribution in [0.3, 0.4) is 0 Å². The highest BCUT2D eigenvalue weighted by Gasteiger charge is 2.20. The Hall–Kier alpha value is -1.89. The zero-order valence-corrected chi connectivity index (χ0v) is 15.5. The van der Waals surface area contributed by atoms with Gasteiger partial charge < -0.3 is 0 Å². The van der Waals surface area contributed by atoms with E-state index in [9.17, 15) is 0 Å². The largest absolute Gasteiger partial charge is 0.333 e. The lowest BCUT2D eigenvalue weighted by Crippen LogP contribution is -2.37. The molecule has 0 unspecified atom stereocenters. The fraction of sp³-hybridized carbons (Fsp3) is 0.167. The number of hydrogen-bond acceptors (Lipinski definition) is 5. The minimum Gasteiger partial charge on any atom is -0.264 e. The first kappa shape index (κ1) is 17.0. The Kier molecular flexibility index (Phi) is 5.18. The van der Waals surface area contributed by atoms with Gasteiger partial charge in [-0.2, -0.15) is 15.0 Å². The van der Waals surface area contributed by atoms with Crippen molar-refractivity contribution in [3.05, 3.63) is 60.7 Å². The molecule has 1 heterocycles. The molecule has 0 radical (unpaired) electrons. The Morgan fingerprint density at radius 1 is 0.625 bits per heavy atom. The lowest BCUT2D eigenvalue weighted by molar-refractivity contribution is 0.445. The average Bonchev–Trinajstić information content (AvgIpc) is 2.56. The first-order chi connectivity index (χ1) is 11.5. The van der Waals surface area contributed by atoms with Crippen LogP contribution in [0.5, 0.6) is 0 Å². The molecule has 0 bridgehead atoms. The van der Waals surface area contributed by atoms with E-state index in [0.717, 1.165) is 26.1 Å². The van der Waals surface area contributed by atoms with E-state index in [2.05, 4.69) is 60.4 Å². The van der Waals surface area contributed by atoms with Gasteiger partial charge in [0, 0.05) is 9.79 Å². The first-order valence-electron chi connectivity index (χ1n) is 7.54. The second-order valence-corrected chi connectivity index (χ2v) is 8.12. The summed E-state index contributed by atoms with van der Waals surface area (Å²) in [6.45, 7) is 0. The molecule has 24 heavy (non-hydrogen) atoms. The minimum absolute atomic E-state index is 0.549. The molecule has 0 amide bonds. The Bertz CT molecular complexity index is 743. The molecule has 0 fully saturated rings. The van der Waals surface area contributed by atoms with Crippen molar-refractivity contribution in [3.63, 3.8) is 0 Å². The van der Waals surface area contributed by atoms with Crippen LogP contribution in [0.4, 0.5) is 5.95 Å². The van der Waals surface area contributed by atoms with E-state index < -0.39 is 0 Å². The highest BCUT2D eigenvalue weighted by molar-refractivity contribution is 7.99. The van der Waals surface area contributed by atoms with E-state index in [1.165, 1.54) is 0 Å². The van der Waals surface area contributed by atoms with Gasteiger partial charge >= 0.3 is 5.95 Å². The molecule has 3 rings (SSSR count). The molecule has 0 aliphatic rings. The van der Waals surface area contributed by atoms with E-state index in [4.69, 9.17) is 0 Å². The van der Waals surface area contributed by atoms with Crippen LogP contribution < -0.4 is 4.48 Å². The maximum absolute atomic E-state index is 4.64. The van der Waals surface area contributed by atoms with Crippen molar-refractivity contribution in [2.45, 2.75) is 20.1 Å². The van der Waals surface area contributed by atoms with Gasteiger partial charge in [-0.25, -0.2) is 0 Å². The highest BCUT2D eigenvalue weighted by atomic mass is 32.2. The van der Waals surface area contributed by atoms with Crippen molar-refractivity contribution < 1.29 is 0 Å². The smallest absolute Gasteiger partial charge is 0.264 e. The van der Waals surface area contributed by atoms with Crippen LogP contribution in [0.15, 0.2) is 80.8 Å². The first-order valence-corrected chi connectivity index (χ1v) is 9.18. The van der Waals surface area contributed by atoms with E-state index in [1.54, 1.807) is 23.5 Å². The standard InChI is InChI=1S/C18H19N4S2/c1-22(2,3)16-19-17(23-14-10-6-4-7-11-14)21-18(20-16)24-15-12-8-5-9-13-15/h4-13H,1-3H3/q+1. The van der Waals surface area contributed by atoms with Gasteiger partial charge in [0.05, 0.1) is 21.1 Å². The summed E-state index contributed by atoms with van der Waals surface area (Å²) in [6.07, 6.45) is 0. The van der Waals surface area contributed by atoms with Crippen LogP contribution in [-0.4, -0.2) is 36.1 Å². The summed E-state index contributed by atoms with van der Waals surface area (Å²) < 4.78 is 0.549. The summed E-state index contributed by atoms with van der Waals surface area (Å²) in [6, 6.07) is 20.3. The number of hydrogen-bond donors (Lipinski definition) is 0. The molecule has 3 aromatic rings. The van der Waals surface area contributed by atoms with Crippen LogP contribution in [0.1, 0.15) is 0 Å². The van der Waals surface area contributed by atoms with E-state index in [1.807, 2.05) is 36.4 Å². The fourth-order valence-corrected chi connectivity index (χ4v) is 3.49. The molecule has 6 heteroatoms. The van der Waals surface area contributed by atoms with Crippen LogP contribution in [-0.2, 0) is 0 Å². The Morgan fingerprint density at radius 3 is 1.42 bits per heavy atom. The van der Waals surface area contributed by atoms with Crippen molar-refractivity contribution in [2.24, 2.45) is 0 Å². The summed E-state index contributed by atoms with van der Waals surface area (Å²) in [5.41, 5.74) is 0. The van der Waals surface area contributed by atoms with Crippen LogP contribution in [0.25, 0.3) is 0 Å². The van der Waals surface area contributed by atoms with E-state index in [-0.39, 0.29) is 0 Å². The second kappa shape index (κ2) is 7.34. The van der Waals surface area contributed by atoms with Gasteiger partial charge in [0.2, 0.25) is 10.3 Å². The zero-order chi connectivity index (χ0) is 17.0. The van der Waals surface area contributed by atoms with Gasteiger partial charge in [0.1, 0.15) is 0 Å². The van der Waals surface area contributed by atoms with Gasteiger partial charge in [-0.1, -0.05) is 36.4 Å². The van der Waals surface area contributed by atoms with Crippen LogP contribution >= 0.6 is 23.5 Å². The van der Waals surface area contributed by atoms with E-state index in [0.29, 0.717) is 4.48 Å². The molecule has 0 atom stereocenters. The Balaban J connectivity index is 1.94. The molecule has 0 saturated heterocycles. The van der Waals surface area contributed by atoms with Crippen molar-refractivity contribution in [1.29, 1.82) is 0 Å². The lowest BCUT2D eigenvalue weighted by atomic mass is 10.4. The van der Waals surface area contributed by atoms with Gasteiger partial charge in [0.15, 0.2) is 0 Å². The fourth-order valence-electron chi connectivity index (χ4n) is 1.91. The predicted octanol–water partition coefficient (Wildman–Crippen LogP) is 4.37. The van der Waals surface area contributed by atoms with Crippen LogP contribution in [0.2, 0.25) is 0 Å². The minimum atomic E-state index is 0.549. The van der Waals surface area contributed by atoms with Crippen molar-refractivity contribution in [1.82, 2.24) is 19.4 Å². The third-order valence-corrected chi connectivity index (χ3v) is 4.83. The normalized spacial score (nSPS) is 11.5. The Labute approximate surface area is 151 Å². The third-order valence-electron chi connectivity index (χ3n) is 3.09. The molecule has 122 valence electrons. The average molecular weight is 356 g/mol. The molecule has 0 spiro atoms. The lowest BCUT2D eigenvalue weighted by Gasteiger charge is -2.20. The quantitative estimate of drug-likeness (QED) is 0.636. The summed E-state index contributed by atoms with van der Waals surface area (Å²) in [5, 5.41) is 1.44. The van der Waals surface area contributed by atoms with Gasteiger partial charge in [0.25, 0.3) is 0 Å². The molecule has 4 nitrogen and oxygen atoms in total. The summed E-state index contributed by atoms with van der Waals surface area (Å²) in [4.78, 5) is 16.1. The Morgan fingerprint density at radius 2 is 1.04 bits per heavy atom. The second-order valence-electron chi connectivity index (χ2n) is 6.04. The molecule has 0 N–H and O–H groups in total. The summed E-state index contributed by atoms with van der Waals surface area (Å²) in [5.74, 6) is 0.752. The van der Waals surface area contributed by atoms with Crippen LogP contribution in [0, 0.1) is 0 Å². The van der Waals surface area contributed by atoms with Gasteiger partial charge in [-0.05, 0) is 47.8 Å². The molecule has 0 aliphatic heterocycles. The van der Waals surface area contributed by atoms with Crippen molar-refractivity contribution in [2.75, 3.05) is 21.1 Å². The van der Waals surface area contributed by atoms with Gasteiger partial charge in [-0.15, -0.1) is 0 Å². The molecular formula is C18H19N4S2+. The number of nitrogens with zero attached hydrogens (tertiary/aromatic N) is 4. The molecule has 1 aromatic heterocycles. The SMILES string of the molecule is C[N+](C)(C)c1nc(Sc2ccccc2)nc(Sc2ccccc2)n1. The predicted molar refractivity (Wildman–Crippen MR) is 101 cm³/mol. The molecule has 0 aliphatic carbocycles. The van der Waals surface area contributed by atoms with Crippen molar-refractivity contribution in [3.8, 4) is 0 Å². The maximum atomic E-state index is 4.64. The highest BCUT2D eigenvalue weighted by Crippen LogP contribution is 2.30. The molecule has 2 aromatic carbocycles. The number of aromatic nitrogens is 3. The summed E-state index contributed by atoms with van der Waals surface area (Å²) >= 11 is 3.11. The topological polar surface area (TPSA) is 38.7 Å². The number of rotatable bonds is 5. The zero-order valence-electron chi connectivity index (χ0n) is 13.9. The van der Waals surface area contributed by atoms with Gasteiger partial charge in [-0.3, -0.25) is 4.48 Å². The number of benzene rings is 2. The maximum Gasteiger partial charge on any atom is 0.333 e. The number of quaternary nitrogens is 1. The molecule has 0 saturated carbocycles. The van der Waals surface area contributed by atoms with Crippen molar-refractivity contribution >= 4 is 29.5 Å². The third kappa shape index (κ3) is 4.56. The summed E-state index contributed by atoms with van der Waals surface area (Å²) in [7, 11) is 6.18. The van der Waals surface area contributed by atoms with E-state index >= 15 is 0 Å².